The number of hydrogen-bond donors (Lipinski definition) is 2. The van der Waals surface area contributed by atoms with Crippen LogP contribution in [0.15, 0.2) is 54.7 Å². The van der Waals surface area contributed by atoms with Gasteiger partial charge < -0.3 is 20.1 Å². The number of aromatic nitrogens is 2. The molecular weight excluding hydrogens is 425 g/mol. The van der Waals surface area contributed by atoms with Crippen molar-refractivity contribution < 1.29 is 9.18 Å². The fraction of sp³-hybridized carbons (Fsp3) is 0.292. The van der Waals surface area contributed by atoms with Gasteiger partial charge in [-0.2, -0.15) is 0 Å². The van der Waals surface area contributed by atoms with E-state index in [-0.39, 0.29) is 30.2 Å². The molecule has 1 amide bonds. The first kappa shape index (κ1) is 22.0. The zero-order valence-electron chi connectivity index (χ0n) is 18.3. The van der Waals surface area contributed by atoms with E-state index in [2.05, 4.69) is 45.0 Å². The molecule has 0 aliphatic carbocycles. The molecule has 1 aromatic carbocycles. The summed E-state index contributed by atoms with van der Waals surface area (Å²) in [5, 5.41) is 6.83. The Morgan fingerprint density at radius 2 is 1.97 bits per heavy atom. The normalized spacial score (nSPS) is 18.0. The van der Waals surface area contributed by atoms with E-state index in [1.165, 1.54) is 12.1 Å². The number of rotatable bonds is 6. The maximum atomic E-state index is 13.1. The molecule has 2 N–H and O–H groups in total. The predicted octanol–water partition coefficient (Wildman–Crippen LogP) is 4.18. The van der Waals surface area contributed by atoms with Gasteiger partial charge in [0.2, 0.25) is 5.91 Å². The zero-order valence-corrected chi connectivity index (χ0v) is 19.1. The van der Waals surface area contributed by atoms with E-state index in [4.69, 9.17) is 12.2 Å². The second kappa shape index (κ2) is 9.08. The predicted molar refractivity (Wildman–Crippen MR) is 127 cm³/mol. The van der Waals surface area contributed by atoms with Gasteiger partial charge in [0.05, 0.1) is 17.8 Å². The monoisotopic (exact) mass is 451 g/mol. The van der Waals surface area contributed by atoms with Gasteiger partial charge in [0.15, 0.2) is 5.11 Å². The number of carbonyl (C=O) groups excluding carboxylic acids is 1. The van der Waals surface area contributed by atoms with Gasteiger partial charge in [0, 0.05) is 43.3 Å². The zero-order chi connectivity index (χ0) is 22.8. The molecule has 3 aromatic rings. The van der Waals surface area contributed by atoms with Crippen LogP contribution in [0.3, 0.4) is 0 Å². The van der Waals surface area contributed by atoms with Crippen LogP contribution in [0.1, 0.15) is 41.1 Å². The number of thiocarbonyl (C=S) groups is 1. The molecule has 32 heavy (non-hydrogen) atoms. The molecule has 1 aliphatic heterocycles. The lowest BCUT2D eigenvalue weighted by Crippen LogP contribution is -2.32. The molecule has 0 bridgehead atoms. The molecule has 8 heteroatoms. The maximum Gasteiger partial charge on any atom is 0.226 e. The Kier molecular flexibility index (Phi) is 6.23. The maximum absolute atomic E-state index is 13.1. The average molecular weight is 452 g/mol. The smallest absolute Gasteiger partial charge is 0.226 e. The molecule has 1 saturated heterocycles. The van der Waals surface area contributed by atoms with Crippen molar-refractivity contribution in [2.24, 2.45) is 7.05 Å². The van der Waals surface area contributed by atoms with Crippen molar-refractivity contribution in [3.05, 3.63) is 83.2 Å². The molecule has 2 aromatic heterocycles. The van der Waals surface area contributed by atoms with Crippen molar-refractivity contribution in [3.8, 4) is 0 Å². The quantitative estimate of drug-likeness (QED) is 0.551. The van der Waals surface area contributed by atoms with Gasteiger partial charge in [-0.15, -0.1) is 0 Å². The number of amides is 1. The fourth-order valence-electron chi connectivity index (χ4n) is 4.15. The van der Waals surface area contributed by atoms with Gasteiger partial charge in [-0.05, 0) is 74.1 Å². The fourth-order valence-corrected chi connectivity index (χ4v) is 4.48. The van der Waals surface area contributed by atoms with E-state index < -0.39 is 0 Å². The molecule has 3 heterocycles. The van der Waals surface area contributed by atoms with Gasteiger partial charge in [-0.25, -0.2) is 4.39 Å². The summed E-state index contributed by atoms with van der Waals surface area (Å²) >= 11 is 5.68. The summed E-state index contributed by atoms with van der Waals surface area (Å²) in [6.45, 7) is 4.62. The molecule has 0 spiro atoms. The van der Waals surface area contributed by atoms with Crippen LogP contribution in [0, 0.1) is 19.7 Å². The molecule has 2 atom stereocenters. The first-order valence-corrected chi connectivity index (χ1v) is 10.9. The number of hydrogen-bond acceptors (Lipinski definition) is 3. The number of aryl methyl sites for hydroxylation is 1. The second-order valence-corrected chi connectivity index (χ2v) is 8.40. The topological polar surface area (TPSA) is 62.2 Å². The van der Waals surface area contributed by atoms with Crippen molar-refractivity contribution in [2.45, 2.75) is 32.4 Å². The van der Waals surface area contributed by atoms with Gasteiger partial charge in [0.1, 0.15) is 5.82 Å². The van der Waals surface area contributed by atoms with Crippen LogP contribution in [0.25, 0.3) is 0 Å². The number of benzene rings is 1. The van der Waals surface area contributed by atoms with E-state index in [1.807, 2.05) is 25.2 Å². The third kappa shape index (κ3) is 4.36. The summed E-state index contributed by atoms with van der Waals surface area (Å²) in [5.41, 5.74) is 4.94. The second-order valence-electron chi connectivity index (χ2n) is 8.01. The summed E-state index contributed by atoms with van der Waals surface area (Å²) < 4.78 is 15.3. The first-order valence-electron chi connectivity index (χ1n) is 10.5. The number of nitrogens with one attached hydrogen (secondary N) is 2. The molecule has 166 valence electrons. The Bertz CT molecular complexity index is 1130. The minimum Gasteiger partial charge on any atom is -0.352 e. The lowest BCUT2D eigenvalue weighted by Gasteiger charge is -2.28. The van der Waals surface area contributed by atoms with E-state index in [0.717, 1.165) is 22.6 Å². The largest absolute Gasteiger partial charge is 0.352 e. The standard InChI is InChI=1S/C24H26FN5OS/c1-15-14-19(16(2)29(15)3)23-22(20-6-4-5-12-26-20)28-24(32)30(23)13-11-21(31)27-18-9-7-17(25)8-10-18/h4-10,12,14,22-23H,11,13H2,1-3H3,(H,27,31)(H,28,32)/t22-,23+/m0/s1. The lowest BCUT2D eigenvalue weighted by atomic mass is 9.96. The van der Waals surface area contributed by atoms with Crippen LogP contribution in [0.5, 0.6) is 0 Å². The molecular formula is C24H26FN5OS. The molecule has 6 nitrogen and oxygen atoms in total. The van der Waals surface area contributed by atoms with E-state index >= 15 is 0 Å². The Labute approximate surface area is 192 Å². The number of pyridine rings is 1. The summed E-state index contributed by atoms with van der Waals surface area (Å²) in [6.07, 6.45) is 2.02. The number of nitrogens with zero attached hydrogens (tertiary/aromatic N) is 3. The van der Waals surface area contributed by atoms with Crippen molar-refractivity contribution in [3.63, 3.8) is 0 Å². The van der Waals surface area contributed by atoms with Crippen LogP contribution in [-0.2, 0) is 11.8 Å². The molecule has 0 radical (unpaired) electrons. The number of halogens is 1. The summed E-state index contributed by atoms with van der Waals surface area (Å²) in [4.78, 5) is 19.2. The van der Waals surface area contributed by atoms with E-state index in [0.29, 0.717) is 17.3 Å². The Morgan fingerprint density at radius 1 is 1.22 bits per heavy atom. The SMILES string of the molecule is Cc1cc([C@@H]2[C@H](c3ccccn3)NC(=S)N2CCC(=O)Nc2ccc(F)cc2)c(C)n1C. The highest BCUT2D eigenvalue weighted by molar-refractivity contribution is 7.80. The molecule has 0 unspecified atom stereocenters. The highest BCUT2D eigenvalue weighted by Gasteiger charge is 2.41. The van der Waals surface area contributed by atoms with Gasteiger partial charge in [-0.3, -0.25) is 9.78 Å². The Balaban J connectivity index is 1.57. The molecule has 1 fully saturated rings. The third-order valence-corrected chi connectivity index (χ3v) is 6.39. The number of anilines is 1. The highest BCUT2D eigenvalue weighted by Crippen LogP contribution is 2.40. The molecule has 4 rings (SSSR count). The van der Waals surface area contributed by atoms with Gasteiger partial charge >= 0.3 is 0 Å². The van der Waals surface area contributed by atoms with Crippen LogP contribution in [0.2, 0.25) is 0 Å². The minimum absolute atomic E-state index is 0.0871. The molecule has 1 aliphatic rings. The van der Waals surface area contributed by atoms with Crippen LogP contribution in [-0.4, -0.2) is 32.0 Å². The van der Waals surface area contributed by atoms with Crippen molar-refractivity contribution >= 4 is 28.9 Å². The third-order valence-electron chi connectivity index (χ3n) is 6.04. The number of carbonyl (C=O) groups is 1. The Morgan fingerprint density at radius 3 is 2.59 bits per heavy atom. The highest BCUT2D eigenvalue weighted by atomic mass is 32.1. The van der Waals surface area contributed by atoms with E-state index in [1.54, 1.807) is 18.3 Å². The van der Waals surface area contributed by atoms with Crippen molar-refractivity contribution in [1.82, 2.24) is 19.8 Å². The lowest BCUT2D eigenvalue weighted by molar-refractivity contribution is -0.116. The summed E-state index contributed by atoms with van der Waals surface area (Å²) in [7, 11) is 2.05. The van der Waals surface area contributed by atoms with Crippen LogP contribution < -0.4 is 10.6 Å². The minimum atomic E-state index is -0.339. The molecule has 0 saturated carbocycles. The van der Waals surface area contributed by atoms with Gasteiger partial charge in [0.25, 0.3) is 0 Å². The average Bonchev–Trinajstić information content (AvgIpc) is 3.25. The van der Waals surface area contributed by atoms with Crippen LogP contribution >= 0.6 is 12.2 Å². The summed E-state index contributed by atoms with van der Waals surface area (Å²) in [6, 6.07) is 13.6. The summed E-state index contributed by atoms with van der Waals surface area (Å²) in [5.74, 6) is -0.492. The van der Waals surface area contributed by atoms with E-state index in [9.17, 15) is 9.18 Å². The first-order chi connectivity index (χ1) is 15.3. The Hall–Kier alpha value is -3.26. The van der Waals surface area contributed by atoms with Crippen LogP contribution in [0.4, 0.5) is 10.1 Å². The van der Waals surface area contributed by atoms with Gasteiger partial charge in [-0.1, -0.05) is 6.07 Å². The van der Waals surface area contributed by atoms with Crippen molar-refractivity contribution in [1.29, 1.82) is 0 Å². The van der Waals surface area contributed by atoms with Crippen molar-refractivity contribution in [2.75, 3.05) is 11.9 Å².